The number of anilines is 1. The van der Waals surface area contributed by atoms with Crippen LogP contribution in [0, 0.1) is 0 Å². The van der Waals surface area contributed by atoms with Crippen molar-refractivity contribution in [2.24, 2.45) is 10.2 Å². The van der Waals surface area contributed by atoms with Gasteiger partial charge in [0, 0.05) is 21.9 Å². The van der Waals surface area contributed by atoms with Crippen LogP contribution in [0.25, 0.3) is 22.0 Å². The number of hydrogen-bond donors (Lipinski definition) is 2. The van der Waals surface area contributed by atoms with E-state index in [2.05, 4.69) is 15.2 Å². The lowest BCUT2D eigenvalue weighted by molar-refractivity contribution is 0.101. The van der Waals surface area contributed by atoms with Crippen LogP contribution < -0.4 is 5.73 Å². The van der Waals surface area contributed by atoms with Gasteiger partial charge in [-0.2, -0.15) is 8.42 Å². The highest BCUT2D eigenvalue weighted by Crippen LogP contribution is 2.36. The monoisotopic (exact) mass is 446 g/mol. The van der Waals surface area contributed by atoms with Gasteiger partial charge in [-0.25, -0.2) is 0 Å². The fourth-order valence-electron chi connectivity index (χ4n) is 3.27. The molecule has 4 rings (SSSR count). The van der Waals surface area contributed by atoms with Crippen LogP contribution in [-0.4, -0.2) is 23.7 Å². The molecule has 0 aliphatic carbocycles. The SMILES string of the molecule is CC(=O)c1cccc(-c2ccc(N=Nc3cc(S(=O)(=O)O)c4ccccc4c3N)cn2)c1. The standard InChI is InChI=1S/C23H18N4O4S/c1-14(28)15-5-4-6-16(11-15)20-10-9-17(13-25-20)26-27-21-12-22(32(29,30)31)18-7-2-3-8-19(18)23(21)24/h2-13H,24H2,1H3,(H,29,30,31). The maximum Gasteiger partial charge on any atom is 0.295 e. The number of Topliss-reactive ketones (excluding diaryl/α,β-unsaturated/α-hetero) is 1. The van der Waals surface area contributed by atoms with Crippen molar-refractivity contribution in [3.63, 3.8) is 0 Å². The van der Waals surface area contributed by atoms with Crippen molar-refractivity contribution in [2.75, 3.05) is 5.73 Å². The van der Waals surface area contributed by atoms with E-state index in [0.29, 0.717) is 27.7 Å². The second-order valence-corrected chi connectivity index (χ2v) is 8.46. The molecule has 160 valence electrons. The molecule has 0 radical (unpaired) electrons. The number of fused-ring (bicyclic) bond motifs is 1. The molecule has 0 aliphatic rings. The van der Waals surface area contributed by atoms with Crippen LogP contribution in [0.4, 0.5) is 17.1 Å². The number of nitrogens with two attached hydrogens (primary N) is 1. The van der Waals surface area contributed by atoms with Crippen LogP contribution in [0.15, 0.2) is 88.1 Å². The minimum atomic E-state index is -4.49. The Morgan fingerprint density at radius 1 is 0.969 bits per heavy atom. The quantitative estimate of drug-likeness (QED) is 0.184. The summed E-state index contributed by atoms with van der Waals surface area (Å²) in [5, 5.41) is 8.92. The number of benzene rings is 3. The molecule has 3 N–H and O–H groups in total. The van der Waals surface area contributed by atoms with Crippen LogP contribution in [0.1, 0.15) is 17.3 Å². The highest BCUT2D eigenvalue weighted by Gasteiger charge is 2.18. The first-order chi connectivity index (χ1) is 15.2. The first-order valence-corrected chi connectivity index (χ1v) is 11.0. The Labute approximate surface area is 184 Å². The molecular formula is C23H18N4O4S. The molecule has 0 atom stereocenters. The van der Waals surface area contributed by atoms with Crippen molar-refractivity contribution >= 4 is 43.7 Å². The Morgan fingerprint density at radius 3 is 2.38 bits per heavy atom. The molecule has 0 saturated carbocycles. The van der Waals surface area contributed by atoms with Crippen molar-refractivity contribution in [3.05, 3.63) is 78.5 Å². The topological polar surface area (TPSA) is 135 Å². The highest BCUT2D eigenvalue weighted by molar-refractivity contribution is 7.86. The summed E-state index contributed by atoms with van der Waals surface area (Å²) in [6, 6.07) is 18.3. The van der Waals surface area contributed by atoms with Gasteiger partial charge >= 0.3 is 0 Å². The average Bonchev–Trinajstić information content (AvgIpc) is 2.78. The van der Waals surface area contributed by atoms with E-state index in [9.17, 15) is 17.8 Å². The number of rotatable bonds is 5. The van der Waals surface area contributed by atoms with E-state index in [-0.39, 0.29) is 22.1 Å². The van der Waals surface area contributed by atoms with E-state index in [1.54, 1.807) is 54.6 Å². The molecule has 0 amide bonds. The normalized spacial score (nSPS) is 11.8. The molecule has 0 aliphatic heterocycles. The Kier molecular flexibility index (Phi) is 5.52. The van der Waals surface area contributed by atoms with E-state index in [1.165, 1.54) is 19.2 Å². The zero-order chi connectivity index (χ0) is 22.9. The van der Waals surface area contributed by atoms with Gasteiger partial charge in [0.2, 0.25) is 0 Å². The summed E-state index contributed by atoms with van der Waals surface area (Å²) in [6.07, 6.45) is 1.50. The van der Waals surface area contributed by atoms with E-state index in [1.807, 2.05) is 6.07 Å². The highest BCUT2D eigenvalue weighted by atomic mass is 32.2. The average molecular weight is 446 g/mol. The summed E-state index contributed by atoms with van der Waals surface area (Å²) in [5.74, 6) is -0.0329. The number of pyridine rings is 1. The summed E-state index contributed by atoms with van der Waals surface area (Å²) < 4.78 is 33.3. The van der Waals surface area contributed by atoms with Gasteiger partial charge in [-0.15, -0.1) is 10.2 Å². The number of nitrogens with zero attached hydrogens (tertiary/aromatic N) is 3. The predicted molar refractivity (Wildman–Crippen MR) is 122 cm³/mol. The molecule has 8 nitrogen and oxygen atoms in total. The van der Waals surface area contributed by atoms with Gasteiger partial charge in [0.15, 0.2) is 5.78 Å². The zero-order valence-electron chi connectivity index (χ0n) is 16.9. The lowest BCUT2D eigenvalue weighted by Crippen LogP contribution is -2.01. The molecule has 1 heterocycles. The number of azo groups is 1. The summed E-state index contributed by atoms with van der Waals surface area (Å²) in [4.78, 5) is 15.6. The van der Waals surface area contributed by atoms with Gasteiger partial charge in [0.25, 0.3) is 10.1 Å². The van der Waals surface area contributed by atoms with Crippen LogP contribution in [0.3, 0.4) is 0 Å². The maximum atomic E-state index is 11.8. The third kappa shape index (κ3) is 4.25. The van der Waals surface area contributed by atoms with E-state index >= 15 is 0 Å². The molecule has 32 heavy (non-hydrogen) atoms. The summed E-state index contributed by atoms with van der Waals surface area (Å²) in [5.41, 5.74) is 8.96. The van der Waals surface area contributed by atoms with Gasteiger partial charge in [0.1, 0.15) is 16.3 Å². The van der Waals surface area contributed by atoms with Crippen molar-refractivity contribution < 1.29 is 17.8 Å². The number of ketones is 1. The first-order valence-electron chi connectivity index (χ1n) is 9.52. The van der Waals surface area contributed by atoms with Gasteiger partial charge in [-0.1, -0.05) is 42.5 Å². The first kappa shape index (κ1) is 21.3. The third-order valence-corrected chi connectivity index (χ3v) is 5.78. The Balaban J connectivity index is 1.69. The molecule has 4 aromatic rings. The molecule has 0 saturated heterocycles. The van der Waals surface area contributed by atoms with Crippen LogP contribution in [0.5, 0.6) is 0 Å². The van der Waals surface area contributed by atoms with Gasteiger partial charge in [0.05, 0.1) is 17.6 Å². The minimum absolute atomic E-state index is 0.0329. The van der Waals surface area contributed by atoms with Crippen molar-refractivity contribution in [2.45, 2.75) is 11.8 Å². The summed E-state index contributed by atoms with van der Waals surface area (Å²) in [6.45, 7) is 1.50. The second-order valence-electron chi connectivity index (χ2n) is 7.07. The Bertz CT molecular complexity index is 1480. The fourth-order valence-corrected chi connectivity index (χ4v) is 3.99. The van der Waals surface area contributed by atoms with Crippen LogP contribution >= 0.6 is 0 Å². The van der Waals surface area contributed by atoms with E-state index in [4.69, 9.17) is 5.73 Å². The zero-order valence-corrected chi connectivity index (χ0v) is 17.7. The van der Waals surface area contributed by atoms with Gasteiger partial charge in [-0.3, -0.25) is 14.3 Å². The van der Waals surface area contributed by atoms with Crippen LogP contribution in [0.2, 0.25) is 0 Å². The molecule has 0 spiro atoms. The maximum absolute atomic E-state index is 11.8. The lowest BCUT2D eigenvalue weighted by Gasteiger charge is -2.09. The molecule has 3 aromatic carbocycles. The number of nitrogen functional groups attached to an aromatic ring is 1. The van der Waals surface area contributed by atoms with Crippen LogP contribution in [-0.2, 0) is 10.1 Å². The third-order valence-electron chi connectivity index (χ3n) is 4.89. The predicted octanol–water partition coefficient (Wildman–Crippen LogP) is 5.35. The smallest absolute Gasteiger partial charge is 0.295 e. The number of aromatic nitrogens is 1. The minimum Gasteiger partial charge on any atom is -0.396 e. The van der Waals surface area contributed by atoms with E-state index < -0.39 is 10.1 Å². The van der Waals surface area contributed by atoms with Crippen molar-refractivity contribution in [3.8, 4) is 11.3 Å². The Morgan fingerprint density at radius 2 is 1.72 bits per heavy atom. The van der Waals surface area contributed by atoms with Gasteiger partial charge < -0.3 is 5.73 Å². The molecule has 0 fully saturated rings. The van der Waals surface area contributed by atoms with Crippen molar-refractivity contribution in [1.29, 1.82) is 0 Å². The molecular weight excluding hydrogens is 428 g/mol. The molecule has 0 bridgehead atoms. The number of carbonyl (C=O) groups excluding carboxylic acids is 1. The Hall–Kier alpha value is -3.95. The van der Waals surface area contributed by atoms with Gasteiger partial charge in [-0.05, 0) is 31.2 Å². The molecule has 0 unspecified atom stereocenters. The fraction of sp³-hybridized carbons (Fsp3) is 0.0435. The largest absolute Gasteiger partial charge is 0.396 e. The lowest BCUT2D eigenvalue weighted by atomic mass is 10.1. The number of carbonyl (C=O) groups is 1. The second kappa shape index (κ2) is 8.29. The molecule has 9 heteroatoms. The number of hydrogen-bond acceptors (Lipinski definition) is 7. The summed E-state index contributed by atoms with van der Waals surface area (Å²) >= 11 is 0. The summed E-state index contributed by atoms with van der Waals surface area (Å²) in [7, 11) is -4.49. The molecule has 1 aromatic heterocycles. The van der Waals surface area contributed by atoms with E-state index in [0.717, 1.165) is 5.56 Å². The van der Waals surface area contributed by atoms with Crippen molar-refractivity contribution in [1.82, 2.24) is 4.98 Å².